The van der Waals surface area contributed by atoms with Crippen LogP contribution in [-0.2, 0) is 6.54 Å². The molecule has 0 unspecified atom stereocenters. The summed E-state index contributed by atoms with van der Waals surface area (Å²) in [5.74, 6) is 0.913. The van der Waals surface area contributed by atoms with Gasteiger partial charge in [0.15, 0.2) is 0 Å². The van der Waals surface area contributed by atoms with Crippen LogP contribution in [0.3, 0.4) is 0 Å². The van der Waals surface area contributed by atoms with Gasteiger partial charge in [-0.3, -0.25) is 0 Å². The van der Waals surface area contributed by atoms with E-state index in [0.717, 1.165) is 43.9 Å². The molecule has 0 amide bonds. The lowest BCUT2D eigenvalue weighted by Crippen LogP contribution is -2.20. The van der Waals surface area contributed by atoms with E-state index in [0.29, 0.717) is 6.61 Å². The summed E-state index contributed by atoms with van der Waals surface area (Å²) in [5, 5.41) is 11.7. The fourth-order valence-corrected chi connectivity index (χ4v) is 1.73. The molecule has 4 heteroatoms. The Morgan fingerprint density at radius 1 is 1.29 bits per heavy atom. The molecular formula is C13H23N3O. The Labute approximate surface area is 104 Å². The zero-order valence-corrected chi connectivity index (χ0v) is 10.8. The third-order valence-corrected chi connectivity index (χ3v) is 2.69. The molecule has 0 spiro atoms. The van der Waals surface area contributed by atoms with Crippen LogP contribution in [0.4, 0.5) is 5.82 Å². The van der Waals surface area contributed by atoms with Crippen molar-refractivity contribution in [2.75, 3.05) is 32.6 Å². The second-order valence-electron chi connectivity index (χ2n) is 4.29. The van der Waals surface area contributed by atoms with E-state index in [1.165, 1.54) is 0 Å². The minimum atomic E-state index is 0.301. The monoisotopic (exact) mass is 237 g/mol. The molecule has 0 saturated carbocycles. The number of aliphatic hydroxyl groups is 1. The average Bonchev–Trinajstić information content (AvgIpc) is 2.35. The van der Waals surface area contributed by atoms with Crippen molar-refractivity contribution in [3.63, 3.8) is 0 Å². The van der Waals surface area contributed by atoms with Crippen molar-refractivity contribution in [2.24, 2.45) is 0 Å². The molecule has 0 fully saturated rings. The average molecular weight is 237 g/mol. The van der Waals surface area contributed by atoms with Crippen molar-refractivity contribution in [3.8, 4) is 0 Å². The Morgan fingerprint density at radius 3 is 2.82 bits per heavy atom. The van der Waals surface area contributed by atoms with Crippen LogP contribution in [0.2, 0.25) is 0 Å². The molecular weight excluding hydrogens is 214 g/mol. The first kappa shape index (κ1) is 13.9. The van der Waals surface area contributed by atoms with Crippen molar-refractivity contribution < 1.29 is 5.11 Å². The summed E-state index contributed by atoms with van der Waals surface area (Å²) in [7, 11) is 3.98. The van der Waals surface area contributed by atoms with Gasteiger partial charge in [-0.15, -0.1) is 0 Å². The van der Waals surface area contributed by atoms with Crippen LogP contribution in [0, 0.1) is 0 Å². The van der Waals surface area contributed by atoms with Crippen molar-refractivity contribution in [1.82, 2.24) is 9.88 Å². The summed E-state index contributed by atoms with van der Waals surface area (Å²) >= 11 is 0. The highest BCUT2D eigenvalue weighted by Crippen LogP contribution is 2.06. The molecule has 4 nitrogen and oxygen atoms in total. The van der Waals surface area contributed by atoms with Crippen molar-refractivity contribution >= 4 is 5.82 Å². The number of anilines is 1. The minimum absolute atomic E-state index is 0.301. The van der Waals surface area contributed by atoms with Gasteiger partial charge in [-0.05, 0) is 45.0 Å². The largest absolute Gasteiger partial charge is 0.396 e. The van der Waals surface area contributed by atoms with Crippen molar-refractivity contribution in [1.29, 1.82) is 0 Å². The van der Waals surface area contributed by atoms with E-state index in [1.54, 1.807) is 0 Å². The van der Waals surface area contributed by atoms with Crippen LogP contribution in [0.25, 0.3) is 0 Å². The zero-order valence-electron chi connectivity index (χ0n) is 10.8. The minimum Gasteiger partial charge on any atom is -0.396 e. The number of pyridine rings is 1. The molecule has 96 valence electrons. The number of nitrogens with one attached hydrogen (secondary N) is 1. The van der Waals surface area contributed by atoms with Crippen LogP contribution in [-0.4, -0.2) is 42.2 Å². The maximum Gasteiger partial charge on any atom is 0.126 e. The molecule has 0 atom stereocenters. The molecule has 0 radical (unpaired) electrons. The maximum absolute atomic E-state index is 8.69. The topological polar surface area (TPSA) is 48.4 Å². The summed E-state index contributed by atoms with van der Waals surface area (Å²) in [6, 6.07) is 6.03. The van der Waals surface area contributed by atoms with E-state index in [-0.39, 0.29) is 0 Å². The normalized spacial score (nSPS) is 10.8. The number of unbranched alkanes of at least 4 members (excludes halogenated alkanes) is 2. The Bertz CT molecular complexity index is 317. The van der Waals surface area contributed by atoms with Gasteiger partial charge >= 0.3 is 0 Å². The molecule has 1 rings (SSSR count). The third kappa shape index (κ3) is 5.65. The van der Waals surface area contributed by atoms with Crippen LogP contribution in [0.1, 0.15) is 25.0 Å². The van der Waals surface area contributed by atoms with E-state index >= 15 is 0 Å². The SMILES string of the molecule is CNc1cccc(CN(C)CCCCCO)n1. The van der Waals surface area contributed by atoms with E-state index < -0.39 is 0 Å². The van der Waals surface area contributed by atoms with E-state index in [4.69, 9.17) is 5.11 Å². The first-order valence-corrected chi connectivity index (χ1v) is 6.19. The summed E-state index contributed by atoms with van der Waals surface area (Å²) in [4.78, 5) is 6.75. The number of aliphatic hydroxyl groups excluding tert-OH is 1. The maximum atomic E-state index is 8.69. The standard InChI is InChI=1S/C13H23N3O/c1-14-13-8-6-7-12(15-13)11-16(2)9-4-3-5-10-17/h6-8,17H,3-5,9-11H2,1-2H3,(H,14,15). The van der Waals surface area contributed by atoms with Gasteiger partial charge in [0, 0.05) is 20.2 Å². The molecule has 0 saturated heterocycles. The van der Waals surface area contributed by atoms with Gasteiger partial charge in [0.1, 0.15) is 5.82 Å². The van der Waals surface area contributed by atoms with Gasteiger partial charge in [-0.1, -0.05) is 6.07 Å². The second-order valence-corrected chi connectivity index (χ2v) is 4.29. The van der Waals surface area contributed by atoms with Gasteiger partial charge in [-0.25, -0.2) is 4.98 Å². The predicted molar refractivity (Wildman–Crippen MR) is 71.1 cm³/mol. The van der Waals surface area contributed by atoms with Gasteiger partial charge in [0.05, 0.1) is 5.69 Å². The molecule has 0 aliphatic carbocycles. The lowest BCUT2D eigenvalue weighted by atomic mass is 10.2. The van der Waals surface area contributed by atoms with Crippen LogP contribution >= 0.6 is 0 Å². The highest BCUT2D eigenvalue weighted by molar-refractivity contribution is 5.34. The second kappa shape index (κ2) is 8.03. The lowest BCUT2D eigenvalue weighted by Gasteiger charge is -2.16. The molecule has 17 heavy (non-hydrogen) atoms. The summed E-state index contributed by atoms with van der Waals surface area (Å²) in [6.07, 6.45) is 3.12. The predicted octanol–water partition coefficient (Wildman–Crippen LogP) is 1.72. The fourth-order valence-electron chi connectivity index (χ4n) is 1.73. The third-order valence-electron chi connectivity index (χ3n) is 2.69. The van der Waals surface area contributed by atoms with Crippen molar-refractivity contribution in [2.45, 2.75) is 25.8 Å². The summed E-state index contributed by atoms with van der Waals surface area (Å²) in [5.41, 5.74) is 1.08. The Morgan fingerprint density at radius 2 is 2.12 bits per heavy atom. The molecule has 0 aromatic carbocycles. The first-order valence-electron chi connectivity index (χ1n) is 6.19. The van der Waals surface area contributed by atoms with Gasteiger partial charge in [0.25, 0.3) is 0 Å². The lowest BCUT2D eigenvalue weighted by molar-refractivity contribution is 0.270. The number of rotatable bonds is 8. The Hall–Kier alpha value is -1.13. The first-order chi connectivity index (χ1) is 8.26. The number of nitrogens with zero attached hydrogens (tertiary/aromatic N) is 2. The van der Waals surface area contributed by atoms with E-state index in [2.05, 4.69) is 22.2 Å². The molecule has 1 aromatic rings. The highest BCUT2D eigenvalue weighted by Gasteiger charge is 2.02. The number of hydrogen-bond acceptors (Lipinski definition) is 4. The quantitative estimate of drug-likeness (QED) is 0.676. The van der Waals surface area contributed by atoms with Crippen LogP contribution in [0.5, 0.6) is 0 Å². The van der Waals surface area contributed by atoms with Gasteiger partial charge in [0.2, 0.25) is 0 Å². The number of aromatic nitrogens is 1. The molecule has 1 aromatic heterocycles. The Kier molecular flexibility index (Phi) is 6.58. The molecule has 0 aliphatic rings. The van der Waals surface area contributed by atoms with Gasteiger partial charge in [-0.2, -0.15) is 0 Å². The van der Waals surface area contributed by atoms with E-state index in [9.17, 15) is 0 Å². The summed E-state index contributed by atoms with van der Waals surface area (Å²) < 4.78 is 0. The van der Waals surface area contributed by atoms with Crippen LogP contribution < -0.4 is 5.32 Å². The molecule has 0 aliphatic heterocycles. The molecule has 0 bridgehead atoms. The molecule has 1 heterocycles. The zero-order chi connectivity index (χ0) is 12.5. The van der Waals surface area contributed by atoms with Crippen molar-refractivity contribution in [3.05, 3.63) is 23.9 Å². The van der Waals surface area contributed by atoms with Gasteiger partial charge < -0.3 is 15.3 Å². The fraction of sp³-hybridized carbons (Fsp3) is 0.615. The smallest absolute Gasteiger partial charge is 0.126 e. The number of hydrogen-bond donors (Lipinski definition) is 2. The summed E-state index contributed by atoms with van der Waals surface area (Å²) in [6.45, 7) is 2.22. The molecule has 2 N–H and O–H groups in total. The Balaban J connectivity index is 2.31. The van der Waals surface area contributed by atoms with E-state index in [1.807, 2.05) is 25.2 Å². The highest BCUT2D eigenvalue weighted by atomic mass is 16.2. The van der Waals surface area contributed by atoms with Crippen LogP contribution in [0.15, 0.2) is 18.2 Å².